The first-order valence-corrected chi connectivity index (χ1v) is 7.36. The predicted octanol–water partition coefficient (Wildman–Crippen LogP) is 0.852. The Balaban J connectivity index is 2.77. The highest BCUT2D eigenvalue weighted by Crippen LogP contribution is 2.24. The smallest absolute Gasteiger partial charge is 0.328 e. The van der Waals surface area contributed by atoms with E-state index >= 15 is 0 Å². The number of rotatable bonds is 7. The number of ether oxygens (including phenoxy) is 1. The molecule has 0 unspecified atom stereocenters. The van der Waals surface area contributed by atoms with Crippen molar-refractivity contribution in [3.63, 3.8) is 0 Å². The molecule has 1 fully saturated rings. The topological polar surface area (TPSA) is 95.9 Å². The molecule has 7 heteroatoms. The van der Waals surface area contributed by atoms with Gasteiger partial charge in [-0.3, -0.25) is 14.8 Å². The number of amides is 2. The van der Waals surface area contributed by atoms with Gasteiger partial charge in [-0.05, 0) is 19.3 Å². The van der Waals surface area contributed by atoms with E-state index in [1.807, 2.05) is 6.92 Å². The highest BCUT2D eigenvalue weighted by Gasteiger charge is 2.37. The summed E-state index contributed by atoms with van der Waals surface area (Å²) in [6.07, 6.45) is 3.55. The quantitative estimate of drug-likeness (QED) is 0.413. The third-order valence-corrected chi connectivity index (χ3v) is 3.82. The minimum absolute atomic E-state index is 0.0697. The zero-order valence-corrected chi connectivity index (χ0v) is 12.6. The van der Waals surface area contributed by atoms with E-state index in [-0.39, 0.29) is 12.3 Å². The standard InChI is InChI=1S/C14H24N2O5/c1-3-4-6-10(9-12(17)15-20)13(18)16-8-5-7-11(16)14(19)21-2/h10-11,20H,3-9H2,1-2H3,(H,15,17)/t10-,11+/m1/s1. The van der Waals surface area contributed by atoms with Crippen LogP contribution in [0.15, 0.2) is 0 Å². The van der Waals surface area contributed by atoms with Gasteiger partial charge in [0, 0.05) is 18.9 Å². The van der Waals surface area contributed by atoms with Crippen molar-refractivity contribution in [3.05, 3.63) is 0 Å². The lowest BCUT2D eigenvalue weighted by atomic mass is 9.96. The largest absolute Gasteiger partial charge is 0.467 e. The molecule has 0 aliphatic carbocycles. The fraction of sp³-hybridized carbons (Fsp3) is 0.786. The molecule has 0 bridgehead atoms. The summed E-state index contributed by atoms with van der Waals surface area (Å²) in [5, 5.41) is 8.64. The van der Waals surface area contributed by atoms with Gasteiger partial charge in [0.1, 0.15) is 6.04 Å². The van der Waals surface area contributed by atoms with Crippen LogP contribution in [-0.4, -0.2) is 47.6 Å². The zero-order chi connectivity index (χ0) is 15.8. The number of nitrogens with zero attached hydrogens (tertiary/aromatic N) is 1. The Labute approximate surface area is 124 Å². The molecule has 0 aromatic heterocycles. The molecule has 0 spiro atoms. The zero-order valence-electron chi connectivity index (χ0n) is 12.6. The molecule has 1 aliphatic heterocycles. The minimum Gasteiger partial charge on any atom is -0.467 e. The van der Waals surface area contributed by atoms with Crippen molar-refractivity contribution in [1.29, 1.82) is 0 Å². The molecular weight excluding hydrogens is 276 g/mol. The van der Waals surface area contributed by atoms with Crippen LogP contribution in [0.1, 0.15) is 45.4 Å². The molecule has 2 amide bonds. The first-order valence-electron chi connectivity index (χ1n) is 7.36. The number of hydrogen-bond donors (Lipinski definition) is 2. The van der Waals surface area contributed by atoms with Gasteiger partial charge < -0.3 is 9.64 Å². The van der Waals surface area contributed by atoms with Gasteiger partial charge in [-0.1, -0.05) is 19.8 Å². The second-order valence-electron chi connectivity index (χ2n) is 5.29. The van der Waals surface area contributed by atoms with Crippen LogP contribution in [-0.2, 0) is 19.1 Å². The predicted molar refractivity (Wildman–Crippen MR) is 74.3 cm³/mol. The number of esters is 1. The molecule has 21 heavy (non-hydrogen) atoms. The lowest BCUT2D eigenvalue weighted by Gasteiger charge is -2.27. The Kier molecular flexibility index (Phi) is 7.14. The third-order valence-electron chi connectivity index (χ3n) is 3.82. The van der Waals surface area contributed by atoms with Crippen molar-refractivity contribution in [2.45, 2.75) is 51.5 Å². The Morgan fingerprint density at radius 1 is 1.43 bits per heavy atom. The second kappa shape index (κ2) is 8.61. The van der Waals surface area contributed by atoms with Gasteiger partial charge in [0.2, 0.25) is 11.8 Å². The Morgan fingerprint density at radius 2 is 2.14 bits per heavy atom. The average molecular weight is 300 g/mol. The van der Waals surface area contributed by atoms with E-state index in [1.54, 1.807) is 5.48 Å². The van der Waals surface area contributed by atoms with Gasteiger partial charge in [-0.25, -0.2) is 10.3 Å². The summed E-state index contributed by atoms with van der Waals surface area (Å²) in [4.78, 5) is 37.2. The molecule has 1 aliphatic rings. The summed E-state index contributed by atoms with van der Waals surface area (Å²) >= 11 is 0. The molecule has 0 saturated carbocycles. The number of methoxy groups -OCH3 is 1. The molecule has 1 saturated heterocycles. The van der Waals surface area contributed by atoms with Gasteiger partial charge >= 0.3 is 5.97 Å². The molecule has 1 rings (SSSR count). The molecular formula is C14H24N2O5. The van der Waals surface area contributed by atoms with Gasteiger partial charge in [-0.2, -0.15) is 0 Å². The molecule has 0 radical (unpaired) electrons. The monoisotopic (exact) mass is 300 g/mol. The van der Waals surface area contributed by atoms with Crippen LogP contribution >= 0.6 is 0 Å². The summed E-state index contributed by atoms with van der Waals surface area (Å²) < 4.78 is 4.73. The fourth-order valence-electron chi connectivity index (χ4n) is 2.68. The van der Waals surface area contributed by atoms with Gasteiger partial charge in [-0.15, -0.1) is 0 Å². The van der Waals surface area contributed by atoms with Crippen LogP contribution in [0.4, 0.5) is 0 Å². The van der Waals surface area contributed by atoms with Gasteiger partial charge in [0.25, 0.3) is 0 Å². The van der Waals surface area contributed by atoms with Crippen molar-refractivity contribution in [3.8, 4) is 0 Å². The van der Waals surface area contributed by atoms with Crippen LogP contribution < -0.4 is 5.48 Å². The van der Waals surface area contributed by atoms with Crippen LogP contribution in [0, 0.1) is 5.92 Å². The van der Waals surface area contributed by atoms with E-state index in [9.17, 15) is 14.4 Å². The number of likely N-dealkylation sites (tertiary alicyclic amines) is 1. The Hall–Kier alpha value is -1.63. The van der Waals surface area contributed by atoms with E-state index in [0.717, 1.165) is 19.3 Å². The molecule has 0 aromatic rings. The number of nitrogens with one attached hydrogen (secondary N) is 1. The van der Waals surface area contributed by atoms with Crippen molar-refractivity contribution in [2.24, 2.45) is 5.92 Å². The number of carbonyl (C=O) groups is 3. The molecule has 7 nitrogen and oxygen atoms in total. The van der Waals surface area contributed by atoms with Crippen LogP contribution in [0.25, 0.3) is 0 Å². The molecule has 1 heterocycles. The van der Waals surface area contributed by atoms with Crippen LogP contribution in [0.2, 0.25) is 0 Å². The maximum absolute atomic E-state index is 12.6. The number of unbranched alkanes of at least 4 members (excludes halogenated alkanes) is 1. The highest BCUT2D eigenvalue weighted by molar-refractivity contribution is 5.89. The van der Waals surface area contributed by atoms with Crippen molar-refractivity contribution < 1.29 is 24.3 Å². The second-order valence-corrected chi connectivity index (χ2v) is 5.29. The number of hydrogen-bond acceptors (Lipinski definition) is 5. The highest BCUT2D eigenvalue weighted by atomic mass is 16.5. The number of carbonyl (C=O) groups excluding carboxylic acids is 3. The number of hydroxylamine groups is 1. The summed E-state index contributed by atoms with van der Waals surface area (Å²) in [6, 6.07) is -0.552. The van der Waals surface area contributed by atoms with E-state index in [1.165, 1.54) is 12.0 Å². The lowest BCUT2D eigenvalue weighted by Crippen LogP contribution is -2.45. The normalized spacial score (nSPS) is 19.2. The Morgan fingerprint density at radius 3 is 2.71 bits per heavy atom. The van der Waals surface area contributed by atoms with Crippen molar-refractivity contribution in [2.75, 3.05) is 13.7 Å². The van der Waals surface area contributed by atoms with Gasteiger partial charge in [0.05, 0.1) is 7.11 Å². The molecule has 2 atom stereocenters. The van der Waals surface area contributed by atoms with Gasteiger partial charge in [0.15, 0.2) is 0 Å². The maximum Gasteiger partial charge on any atom is 0.328 e. The Bertz CT molecular complexity index is 386. The molecule has 120 valence electrons. The van der Waals surface area contributed by atoms with E-state index < -0.39 is 23.8 Å². The van der Waals surface area contributed by atoms with E-state index in [0.29, 0.717) is 19.4 Å². The molecule has 2 N–H and O–H groups in total. The van der Waals surface area contributed by atoms with E-state index in [2.05, 4.69) is 0 Å². The third kappa shape index (κ3) is 4.70. The van der Waals surface area contributed by atoms with Crippen LogP contribution in [0.5, 0.6) is 0 Å². The van der Waals surface area contributed by atoms with E-state index in [4.69, 9.17) is 9.94 Å². The van der Waals surface area contributed by atoms with Crippen LogP contribution in [0.3, 0.4) is 0 Å². The minimum atomic E-state index is -0.585. The van der Waals surface area contributed by atoms with Crippen molar-refractivity contribution >= 4 is 17.8 Å². The maximum atomic E-state index is 12.6. The van der Waals surface area contributed by atoms with Crippen molar-refractivity contribution in [1.82, 2.24) is 10.4 Å². The SMILES string of the molecule is CCCC[C@H](CC(=O)NO)C(=O)N1CCC[C@H]1C(=O)OC. The first-order chi connectivity index (χ1) is 10.0. The summed E-state index contributed by atoms with van der Waals surface area (Å²) in [5.41, 5.74) is 1.56. The summed E-state index contributed by atoms with van der Waals surface area (Å²) in [7, 11) is 1.30. The summed E-state index contributed by atoms with van der Waals surface area (Å²) in [6.45, 7) is 2.50. The molecule has 0 aromatic carbocycles. The average Bonchev–Trinajstić information content (AvgIpc) is 2.98. The fourth-order valence-corrected chi connectivity index (χ4v) is 2.68. The summed E-state index contributed by atoms with van der Waals surface area (Å²) in [5.74, 6) is -1.72. The first kappa shape index (κ1) is 17.4. The lowest BCUT2D eigenvalue weighted by molar-refractivity contribution is -0.153.